The van der Waals surface area contributed by atoms with Gasteiger partial charge in [-0.1, -0.05) is 0 Å². The maximum atomic E-state index is 3.71. The van der Waals surface area contributed by atoms with Gasteiger partial charge in [0.15, 0.2) is 0 Å². The van der Waals surface area contributed by atoms with Crippen molar-refractivity contribution in [1.82, 2.24) is 15.1 Å². The SMILES string of the molecule is CN1CCC(N2CCNC(C3CC3)C2)CC1. The molecule has 2 saturated heterocycles. The summed E-state index contributed by atoms with van der Waals surface area (Å²) in [5, 5.41) is 3.71. The molecule has 0 amide bonds. The number of nitrogens with one attached hydrogen (secondary N) is 1. The smallest absolute Gasteiger partial charge is 0.0223 e. The van der Waals surface area contributed by atoms with Gasteiger partial charge in [0.05, 0.1) is 0 Å². The fourth-order valence-corrected chi connectivity index (χ4v) is 3.31. The number of rotatable bonds is 2. The highest BCUT2D eigenvalue weighted by atomic mass is 15.2. The van der Waals surface area contributed by atoms with Gasteiger partial charge in [-0.3, -0.25) is 4.90 Å². The second-order valence-corrected chi connectivity index (χ2v) is 5.93. The van der Waals surface area contributed by atoms with E-state index in [1.54, 1.807) is 0 Å². The van der Waals surface area contributed by atoms with Gasteiger partial charge in [-0.05, 0) is 51.7 Å². The van der Waals surface area contributed by atoms with Crippen molar-refractivity contribution in [2.45, 2.75) is 37.8 Å². The Kier molecular flexibility index (Phi) is 3.18. The van der Waals surface area contributed by atoms with Crippen LogP contribution >= 0.6 is 0 Å². The highest BCUT2D eigenvalue weighted by Gasteiger charge is 2.36. The Bertz CT molecular complexity index is 231. The van der Waals surface area contributed by atoms with Crippen LogP contribution in [0.4, 0.5) is 0 Å². The Morgan fingerprint density at radius 2 is 1.75 bits per heavy atom. The Balaban J connectivity index is 1.53. The lowest BCUT2D eigenvalue weighted by atomic mass is 10.0. The normalized spacial score (nSPS) is 35.4. The zero-order valence-electron chi connectivity index (χ0n) is 10.5. The first-order valence-electron chi connectivity index (χ1n) is 6.99. The van der Waals surface area contributed by atoms with Gasteiger partial charge in [0.25, 0.3) is 0 Å². The Morgan fingerprint density at radius 3 is 2.44 bits per heavy atom. The van der Waals surface area contributed by atoms with Crippen molar-refractivity contribution in [3.05, 3.63) is 0 Å². The second-order valence-electron chi connectivity index (χ2n) is 5.93. The summed E-state index contributed by atoms with van der Waals surface area (Å²) in [4.78, 5) is 5.24. The molecule has 1 aliphatic carbocycles. The lowest BCUT2D eigenvalue weighted by Crippen LogP contribution is -2.56. The molecular weight excluding hydrogens is 198 g/mol. The van der Waals surface area contributed by atoms with E-state index in [1.807, 2.05) is 0 Å². The first kappa shape index (κ1) is 11.0. The minimum Gasteiger partial charge on any atom is -0.311 e. The van der Waals surface area contributed by atoms with Crippen LogP contribution in [-0.4, -0.2) is 61.7 Å². The van der Waals surface area contributed by atoms with Crippen molar-refractivity contribution >= 4 is 0 Å². The van der Waals surface area contributed by atoms with Gasteiger partial charge in [-0.2, -0.15) is 0 Å². The molecule has 1 saturated carbocycles. The third kappa shape index (κ3) is 2.41. The van der Waals surface area contributed by atoms with Crippen LogP contribution in [0.2, 0.25) is 0 Å². The minimum atomic E-state index is 0.813. The van der Waals surface area contributed by atoms with Crippen LogP contribution in [0.15, 0.2) is 0 Å². The van der Waals surface area contributed by atoms with Crippen LogP contribution < -0.4 is 5.32 Å². The fourth-order valence-electron chi connectivity index (χ4n) is 3.31. The molecule has 3 rings (SSSR count). The van der Waals surface area contributed by atoms with E-state index in [-0.39, 0.29) is 0 Å². The van der Waals surface area contributed by atoms with E-state index in [4.69, 9.17) is 0 Å². The fraction of sp³-hybridized carbons (Fsp3) is 1.00. The first-order valence-corrected chi connectivity index (χ1v) is 6.99. The van der Waals surface area contributed by atoms with Gasteiger partial charge in [-0.25, -0.2) is 0 Å². The summed E-state index contributed by atoms with van der Waals surface area (Å²) in [6.45, 7) is 6.40. The van der Waals surface area contributed by atoms with Gasteiger partial charge in [0.1, 0.15) is 0 Å². The van der Waals surface area contributed by atoms with Crippen molar-refractivity contribution in [3.63, 3.8) is 0 Å². The largest absolute Gasteiger partial charge is 0.311 e. The van der Waals surface area contributed by atoms with Gasteiger partial charge in [-0.15, -0.1) is 0 Å². The van der Waals surface area contributed by atoms with Crippen molar-refractivity contribution in [2.24, 2.45) is 5.92 Å². The number of hydrogen-bond donors (Lipinski definition) is 1. The maximum Gasteiger partial charge on any atom is 0.0223 e. The van der Waals surface area contributed by atoms with Gasteiger partial charge in [0.2, 0.25) is 0 Å². The van der Waals surface area contributed by atoms with Gasteiger partial charge in [0, 0.05) is 31.7 Å². The highest BCUT2D eigenvalue weighted by Crippen LogP contribution is 2.34. The van der Waals surface area contributed by atoms with E-state index >= 15 is 0 Å². The summed E-state index contributed by atoms with van der Waals surface area (Å²) in [6.07, 6.45) is 5.71. The lowest BCUT2D eigenvalue weighted by Gasteiger charge is -2.42. The topological polar surface area (TPSA) is 18.5 Å². The van der Waals surface area contributed by atoms with Crippen LogP contribution in [0.25, 0.3) is 0 Å². The maximum absolute atomic E-state index is 3.71. The quantitative estimate of drug-likeness (QED) is 0.746. The Labute approximate surface area is 99.2 Å². The van der Waals surface area contributed by atoms with Crippen LogP contribution in [-0.2, 0) is 0 Å². The third-order valence-electron chi connectivity index (χ3n) is 4.63. The molecule has 0 aromatic carbocycles. The summed E-state index contributed by atoms with van der Waals surface area (Å²) >= 11 is 0. The number of likely N-dealkylation sites (tertiary alicyclic amines) is 1. The third-order valence-corrected chi connectivity index (χ3v) is 4.63. The minimum absolute atomic E-state index is 0.813. The summed E-state index contributed by atoms with van der Waals surface area (Å²) in [6, 6.07) is 1.69. The van der Waals surface area contributed by atoms with E-state index in [9.17, 15) is 0 Å². The molecule has 0 spiro atoms. The van der Waals surface area contributed by atoms with Gasteiger partial charge < -0.3 is 10.2 Å². The molecule has 1 unspecified atom stereocenters. The average Bonchev–Trinajstić information content (AvgIpc) is 3.14. The van der Waals surface area contributed by atoms with Crippen molar-refractivity contribution in [2.75, 3.05) is 39.8 Å². The lowest BCUT2D eigenvalue weighted by molar-refractivity contribution is 0.0877. The van der Waals surface area contributed by atoms with Crippen LogP contribution in [0.5, 0.6) is 0 Å². The van der Waals surface area contributed by atoms with Gasteiger partial charge >= 0.3 is 0 Å². The monoisotopic (exact) mass is 223 g/mol. The molecule has 92 valence electrons. The number of piperidine rings is 1. The second kappa shape index (κ2) is 4.63. The van der Waals surface area contributed by atoms with Crippen LogP contribution in [0.3, 0.4) is 0 Å². The molecule has 0 aromatic heterocycles. The predicted molar refractivity (Wildman–Crippen MR) is 66.6 cm³/mol. The van der Waals surface area contributed by atoms with E-state index in [2.05, 4.69) is 22.2 Å². The Hall–Kier alpha value is -0.120. The summed E-state index contributed by atoms with van der Waals surface area (Å²) < 4.78 is 0. The van der Waals surface area contributed by atoms with Crippen molar-refractivity contribution in [1.29, 1.82) is 0 Å². The van der Waals surface area contributed by atoms with E-state index in [0.29, 0.717) is 0 Å². The first-order chi connectivity index (χ1) is 7.83. The molecule has 1 N–H and O–H groups in total. The molecule has 3 aliphatic rings. The molecule has 3 heteroatoms. The zero-order chi connectivity index (χ0) is 11.0. The molecule has 0 radical (unpaired) electrons. The summed E-state index contributed by atoms with van der Waals surface area (Å²) in [5.41, 5.74) is 0. The molecule has 2 heterocycles. The number of piperazine rings is 1. The highest BCUT2D eigenvalue weighted by molar-refractivity contribution is 4.93. The number of nitrogens with zero attached hydrogens (tertiary/aromatic N) is 2. The molecule has 0 aromatic rings. The Morgan fingerprint density at radius 1 is 1.00 bits per heavy atom. The molecule has 3 fully saturated rings. The molecule has 2 aliphatic heterocycles. The van der Waals surface area contributed by atoms with E-state index in [0.717, 1.165) is 18.0 Å². The molecule has 3 nitrogen and oxygen atoms in total. The van der Waals surface area contributed by atoms with E-state index in [1.165, 1.54) is 58.4 Å². The summed E-state index contributed by atoms with van der Waals surface area (Å²) in [7, 11) is 2.25. The van der Waals surface area contributed by atoms with Crippen LogP contribution in [0.1, 0.15) is 25.7 Å². The van der Waals surface area contributed by atoms with Crippen molar-refractivity contribution in [3.8, 4) is 0 Å². The molecule has 1 atom stereocenters. The summed E-state index contributed by atoms with van der Waals surface area (Å²) in [5.74, 6) is 1.01. The molecular formula is C13H25N3. The molecule has 0 bridgehead atoms. The average molecular weight is 223 g/mol. The van der Waals surface area contributed by atoms with E-state index < -0.39 is 0 Å². The number of hydrogen-bond acceptors (Lipinski definition) is 3. The standard InChI is InChI=1S/C13H25N3/c1-15-7-4-12(5-8-15)16-9-6-14-13(10-16)11-2-3-11/h11-14H,2-10H2,1H3. The zero-order valence-corrected chi connectivity index (χ0v) is 10.5. The predicted octanol–water partition coefficient (Wildman–Crippen LogP) is 0.764. The molecule has 16 heavy (non-hydrogen) atoms. The van der Waals surface area contributed by atoms with Crippen molar-refractivity contribution < 1.29 is 0 Å². The van der Waals surface area contributed by atoms with Crippen LogP contribution in [0, 0.1) is 5.92 Å².